The van der Waals surface area contributed by atoms with Crippen molar-refractivity contribution < 1.29 is 9.47 Å². The highest BCUT2D eigenvalue weighted by atomic mass is 79.9. The van der Waals surface area contributed by atoms with Crippen LogP contribution in [0.15, 0.2) is 52.3 Å². The maximum atomic E-state index is 9.80. The number of halogens is 3. The first-order valence-corrected chi connectivity index (χ1v) is 10.4. The van der Waals surface area contributed by atoms with Crippen LogP contribution in [0.3, 0.4) is 0 Å². The van der Waals surface area contributed by atoms with E-state index in [0.717, 1.165) is 26.9 Å². The second-order valence-corrected chi connectivity index (χ2v) is 8.46. The number of ether oxygens (including phenoxy) is 2. The maximum Gasteiger partial charge on any atom is 0.244 e. The number of hydrogen-bond acceptors (Lipinski definition) is 5. The number of benzene rings is 2. The van der Waals surface area contributed by atoms with E-state index in [1.807, 2.05) is 31.2 Å². The summed E-state index contributed by atoms with van der Waals surface area (Å²) < 4.78 is 12.5. The summed E-state index contributed by atoms with van der Waals surface area (Å²) in [4.78, 5) is 0. The van der Waals surface area contributed by atoms with Gasteiger partial charge in [-0.1, -0.05) is 45.2 Å². The van der Waals surface area contributed by atoms with Crippen LogP contribution in [0.5, 0.6) is 11.6 Å². The van der Waals surface area contributed by atoms with Gasteiger partial charge in [-0.15, -0.1) is 5.10 Å². The molecule has 0 unspecified atom stereocenters. The Kier molecular flexibility index (Phi) is 5.65. The van der Waals surface area contributed by atoms with Crippen molar-refractivity contribution in [1.29, 1.82) is 5.26 Å². The predicted molar refractivity (Wildman–Crippen MR) is 118 cm³/mol. The molecule has 4 rings (SSSR count). The quantitative estimate of drug-likeness (QED) is 0.482. The fourth-order valence-electron chi connectivity index (χ4n) is 3.38. The Balaban J connectivity index is 1.78. The molecular formula is C21H15BrCl2N4O2. The minimum atomic E-state index is -0.495. The molecule has 3 N–H and O–H groups in total. The molecule has 1 aliphatic heterocycles. The molecule has 9 heteroatoms. The van der Waals surface area contributed by atoms with Crippen LogP contribution in [0.2, 0.25) is 10.0 Å². The number of aromatic nitrogens is 2. The minimum Gasteiger partial charge on any atom is -0.489 e. The minimum absolute atomic E-state index is 0.0215. The van der Waals surface area contributed by atoms with Crippen molar-refractivity contribution >= 4 is 39.1 Å². The van der Waals surface area contributed by atoms with E-state index in [0.29, 0.717) is 27.2 Å². The topological polar surface area (TPSA) is 97.0 Å². The first kappa shape index (κ1) is 20.6. The van der Waals surface area contributed by atoms with Crippen molar-refractivity contribution in [1.82, 2.24) is 10.2 Å². The SMILES string of the molecule is Cc1[nH]nc2c1[C@H](c1cc(Br)ccc1OCc1ccc(Cl)cc1Cl)C(C#N)=C(N)O2. The van der Waals surface area contributed by atoms with Crippen LogP contribution in [0, 0.1) is 18.3 Å². The molecular weight excluding hydrogens is 491 g/mol. The number of hydrogen-bond donors (Lipinski definition) is 2. The number of nitrogens with one attached hydrogen (secondary N) is 1. The molecule has 0 spiro atoms. The van der Waals surface area contributed by atoms with Gasteiger partial charge in [-0.25, -0.2) is 0 Å². The summed E-state index contributed by atoms with van der Waals surface area (Å²) >= 11 is 15.8. The molecule has 2 aromatic carbocycles. The molecule has 2 heterocycles. The third-order valence-corrected chi connectivity index (χ3v) is 5.89. The van der Waals surface area contributed by atoms with Crippen molar-refractivity contribution in [3.8, 4) is 17.7 Å². The Morgan fingerprint density at radius 3 is 2.83 bits per heavy atom. The number of H-pyrrole nitrogens is 1. The van der Waals surface area contributed by atoms with Gasteiger partial charge in [0, 0.05) is 36.9 Å². The highest BCUT2D eigenvalue weighted by Gasteiger charge is 2.36. The molecule has 30 heavy (non-hydrogen) atoms. The van der Waals surface area contributed by atoms with E-state index < -0.39 is 5.92 Å². The Bertz CT molecular complexity index is 1220. The lowest BCUT2D eigenvalue weighted by Crippen LogP contribution is -2.21. The van der Waals surface area contributed by atoms with Gasteiger partial charge in [0.2, 0.25) is 11.8 Å². The number of fused-ring (bicyclic) bond motifs is 1. The Morgan fingerprint density at radius 1 is 1.30 bits per heavy atom. The van der Waals surface area contributed by atoms with Gasteiger partial charge in [-0.05, 0) is 37.3 Å². The molecule has 3 aromatic rings. The van der Waals surface area contributed by atoms with Crippen LogP contribution in [0.1, 0.15) is 28.3 Å². The van der Waals surface area contributed by atoms with Gasteiger partial charge in [0.1, 0.15) is 24.0 Å². The fraction of sp³-hybridized carbons (Fsp3) is 0.143. The van der Waals surface area contributed by atoms with Gasteiger partial charge < -0.3 is 15.2 Å². The Morgan fingerprint density at radius 2 is 2.10 bits per heavy atom. The highest BCUT2D eigenvalue weighted by Crippen LogP contribution is 2.46. The molecule has 0 saturated carbocycles. The third kappa shape index (κ3) is 3.74. The van der Waals surface area contributed by atoms with Gasteiger partial charge in [-0.3, -0.25) is 5.10 Å². The predicted octanol–water partition coefficient (Wildman–Crippen LogP) is 5.58. The molecule has 0 fully saturated rings. The van der Waals surface area contributed by atoms with E-state index in [1.54, 1.807) is 12.1 Å². The third-order valence-electron chi connectivity index (χ3n) is 4.81. The van der Waals surface area contributed by atoms with E-state index in [1.165, 1.54) is 0 Å². The lowest BCUT2D eigenvalue weighted by molar-refractivity contribution is 0.301. The first-order valence-electron chi connectivity index (χ1n) is 8.87. The molecule has 1 aliphatic rings. The second kappa shape index (κ2) is 8.23. The van der Waals surface area contributed by atoms with Crippen LogP contribution >= 0.6 is 39.1 Å². The molecule has 0 saturated heterocycles. The average molecular weight is 506 g/mol. The number of aromatic amines is 1. The van der Waals surface area contributed by atoms with E-state index in [-0.39, 0.29) is 12.5 Å². The largest absolute Gasteiger partial charge is 0.489 e. The van der Waals surface area contributed by atoms with Crippen molar-refractivity contribution in [2.24, 2.45) is 5.73 Å². The highest BCUT2D eigenvalue weighted by molar-refractivity contribution is 9.10. The summed E-state index contributed by atoms with van der Waals surface area (Å²) in [5, 5.41) is 17.9. The molecule has 0 radical (unpaired) electrons. The van der Waals surface area contributed by atoms with E-state index in [2.05, 4.69) is 32.2 Å². The van der Waals surface area contributed by atoms with Crippen LogP contribution < -0.4 is 15.2 Å². The number of rotatable bonds is 4. The number of nitriles is 1. The van der Waals surface area contributed by atoms with Crippen molar-refractivity contribution in [3.05, 3.63) is 84.8 Å². The Labute approximate surface area is 191 Å². The average Bonchev–Trinajstić information content (AvgIpc) is 3.07. The lowest BCUT2D eigenvalue weighted by atomic mass is 9.83. The number of allylic oxidation sites excluding steroid dienone is 1. The summed E-state index contributed by atoms with van der Waals surface area (Å²) in [5.41, 5.74) is 9.38. The van der Waals surface area contributed by atoms with Crippen LogP contribution in [0.4, 0.5) is 0 Å². The standard InChI is InChI=1S/C21H15BrCl2N4O2/c1-10-18-19(15(8-25)20(26)30-21(18)28-27-10)14-6-12(22)3-5-17(14)29-9-11-2-4-13(23)7-16(11)24/h2-7,19H,9,26H2,1H3,(H,27,28)/t19-/m1/s1. The van der Waals surface area contributed by atoms with E-state index in [4.69, 9.17) is 38.4 Å². The van der Waals surface area contributed by atoms with Gasteiger partial charge in [-0.2, -0.15) is 5.26 Å². The molecule has 1 aromatic heterocycles. The number of aryl methyl sites for hydroxylation is 1. The fourth-order valence-corrected chi connectivity index (χ4v) is 4.22. The zero-order valence-corrected chi connectivity index (χ0v) is 18.8. The molecule has 152 valence electrons. The monoisotopic (exact) mass is 504 g/mol. The van der Waals surface area contributed by atoms with Crippen LogP contribution in [0.25, 0.3) is 0 Å². The molecule has 6 nitrogen and oxygen atoms in total. The summed E-state index contributed by atoms with van der Waals surface area (Å²) in [6, 6.07) is 13.0. The van der Waals surface area contributed by atoms with Gasteiger partial charge >= 0.3 is 0 Å². The van der Waals surface area contributed by atoms with Gasteiger partial charge in [0.05, 0.1) is 5.92 Å². The number of nitrogens with zero attached hydrogens (tertiary/aromatic N) is 2. The lowest BCUT2D eigenvalue weighted by Gasteiger charge is -2.25. The van der Waals surface area contributed by atoms with Crippen LogP contribution in [-0.2, 0) is 6.61 Å². The van der Waals surface area contributed by atoms with Crippen molar-refractivity contribution in [2.75, 3.05) is 0 Å². The second-order valence-electron chi connectivity index (χ2n) is 6.70. The smallest absolute Gasteiger partial charge is 0.244 e. The zero-order chi connectivity index (χ0) is 21.4. The number of nitrogens with two attached hydrogens (primary N) is 1. The summed E-state index contributed by atoms with van der Waals surface area (Å²) in [6.07, 6.45) is 0. The van der Waals surface area contributed by atoms with Crippen molar-refractivity contribution in [2.45, 2.75) is 19.4 Å². The molecule has 0 aliphatic carbocycles. The molecule has 1 atom stereocenters. The maximum absolute atomic E-state index is 9.80. The Hall–Kier alpha value is -2.66. The van der Waals surface area contributed by atoms with E-state index in [9.17, 15) is 5.26 Å². The summed E-state index contributed by atoms with van der Waals surface area (Å²) in [7, 11) is 0. The normalized spacial score (nSPS) is 15.4. The molecule has 0 bridgehead atoms. The first-order chi connectivity index (χ1) is 14.4. The van der Waals surface area contributed by atoms with Crippen molar-refractivity contribution in [3.63, 3.8) is 0 Å². The van der Waals surface area contributed by atoms with E-state index >= 15 is 0 Å². The van der Waals surface area contributed by atoms with Gasteiger partial charge in [0.15, 0.2) is 0 Å². The zero-order valence-electron chi connectivity index (χ0n) is 15.7. The molecule has 0 amide bonds. The van der Waals surface area contributed by atoms with Crippen LogP contribution in [-0.4, -0.2) is 10.2 Å². The van der Waals surface area contributed by atoms with Gasteiger partial charge in [0.25, 0.3) is 0 Å². The summed E-state index contributed by atoms with van der Waals surface area (Å²) in [6.45, 7) is 2.09. The summed E-state index contributed by atoms with van der Waals surface area (Å²) in [5.74, 6) is 0.461.